The minimum atomic E-state index is 0. The molecule has 0 spiro atoms. The lowest BCUT2D eigenvalue weighted by Crippen LogP contribution is -3.00. The Morgan fingerprint density at radius 1 is 1.47 bits per heavy atom. The summed E-state index contributed by atoms with van der Waals surface area (Å²) in [5.74, 6) is 0.844. The first-order chi connectivity index (χ1) is 6.79. The van der Waals surface area contributed by atoms with E-state index in [9.17, 15) is 0 Å². The van der Waals surface area contributed by atoms with Crippen LogP contribution in [-0.4, -0.2) is 9.36 Å². The standard InChI is InChI=1S/C10H12N3S.HI/c1-3-13-6-4-5-9(7-13)10-11-8(2)12-14-10;/h4-7H,3H2,1-2H3;1H/q+1;/p-1. The summed E-state index contributed by atoms with van der Waals surface area (Å²) in [4.78, 5) is 4.35. The van der Waals surface area contributed by atoms with Gasteiger partial charge in [-0.1, -0.05) is 0 Å². The second-order valence-corrected chi connectivity index (χ2v) is 3.82. The van der Waals surface area contributed by atoms with Crippen LogP contribution >= 0.6 is 11.5 Å². The molecule has 2 aromatic heterocycles. The van der Waals surface area contributed by atoms with E-state index in [-0.39, 0.29) is 24.0 Å². The summed E-state index contributed by atoms with van der Waals surface area (Å²) in [6.07, 6.45) is 4.15. The number of rotatable bonds is 2. The minimum absolute atomic E-state index is 0. The molecule has 2 heterocycles. The predicted molar refractivity (Wildman–Crippen MR) is 56.0 cm³/mol. The van der Waals surface area contributed by atoms with Gasteiger partial charge in [-0.25, -0.2) is 9.55 Å². The van der Waals surface area contributed by atoms with Crippen LogP contribution in [0, 0.1) is 6.92 Å². The van der Waals surface area contributed by atoms with Crippen molar-refractivity contribution in [3.8, 4) is 10.6 Å². The minimum Gasteiger partial charge on any atom is -1.00 e. The molecule has 0 saturated carbocycles. The molecule has 0 bridgehead atoms. The molecule has 0 aliphatic heterocycles. The third kappa shape index (κ3) is 2.94. The summed E-state index contributed by atoms with van der Waals surface area (Å²) in [5, 5.41) is 0.991. The van der Waals surface area contributed by atoms with Gasteiger partial charge >= 0.3 is 0 Å². The number of halogens is 1. The van der Waals surface area contributed by atoms with Crippen LogP contribution in [0.1, 0.15) is 12.7 Å². The van der Waals surface area contributed by atoms with Crippen molar-refractivity contribution in [3.63, 3.8) is 0 Å². The molecule has 0 aliphatic carbocycles. The highest BCUT2D eigenvalue weighted by atomic mass is 127. The Labute approximate surface area is 110 Å². The van der Waals surface area contributed by atoms with Crippen molar-refractivity contribution in [2.45, 2.75) is 20.4 Å². The van der Waals surface area contributed by atoms with Crippen LogP contribution in [0.15, 0.2) is 24.5 Å². The van der Waals surface area contributed by atoms with Gasteiger partial charge in [0.25, 0.3) is 0 Å². The molecule has 0 amide bonds. The molecule has 0 aliphatic rings. The fourth-order valence-corrected chi connectivity index (χ4v) is 1.92. The Hall–Kier alpha value is -0.560. The van der Waals surface area contributed by atoms with Crippen LogP contribution in [0.25, 0.3) is 10.6 Å². The molecule has 15 heavy (non-hydrogen) atoms. The Morgan fingerprint density at radius 3 is 2.87 bits per heavy atom. The third-order valence-electron chi connectivity index (χ3n) is 2.00. The van der Waals surface area contributed by atoms with Crippen LogP contribution in [-0.2, 0) is 6.54 Å². The maximum atomic E-state index is 4.35. The summed E-state index contributed by atoms with van der Waals surface area (Å²) in [5.41, 5.74) is 1.14. The molecule has 80 valence electrons. The molecular weight excluding hydrogens is 321 g/mol. The first kappa shape index (κ1) is 12.5. The first-order valence-corrected chi connectivity index (χ1v) is 5.36. The SMILES string of the molecule is CC[n+]1cccc(-c2nc(C)ns2)c1.[I-]. The van der Waals surface area contributed by atoms with Crippen LogP contribution in [0.5, 0.6) is 0 Å². The summed E-state index contributed by atoms with van der Waals surface area (Å²) < 4.78 is 6.30. The van der Waals surface area contributed by atoms with E-state index in [0.29, 0.717) is 0 Å². The van der Waals surface area contributed by atoms with E-state index < -0.39 is 0 Å². The van der Waals surface area contributed by atoms with Gasteiger partial charge in [-0.2, -0.15) is 4.37 Å². The number of hydrogen-bond donors (Lipinski definition) is 0. The van der Waals surface area contributed by atoms with Crippen molar-refractivity contribution >= 4 is 11.5 Å². The lowest BCUT2D eigenvalue weighted by Gasteiger charge is -1.94. The average Bonchev–Trinajstić information content (AvgIpc) is 2.65. The van der Waals surface area contributed by atoms with Gasteiger partial charge in [0.15, 0.2) is 12.4 Å². The fraction of sp³-hybridized carbons (Fsp3) is 0.300. The number of aryl methyl sites for hydroxylation is 2. The van der Waals surface area contributed by atoms with Gasteiger partial charge < -0.3 is 24.0 Å². The van der Waals surface area contributed by atoms with E-state index in [1.54, 1.807) is 0 Å². The molecular formula is C10H12IN3S. The Kier molecular flexibility index (Phi) is 4.59. The summed E-state index contributed by atoms with van der Waals surface area (Å²) in [6, 6.07) is 4.10. The predicted octanol–water partition coefficient (Wildman–Crippen LogP) is -1.18. The van der Waals surface area contributed by atoms with Gasteiger partial charge in [0.05, 0.1) is 5.56 Å². The zero-order valence-electron chi connectivity index (χ0n) is 8.64. The lowest BCUT2D eigenvalue weighted by atomic mass is 10.3. The molecule has 0 atom stereocenters. The Morgan fingerprint density at radius 2 is 2.27 bits per heavy atom. The molecule has 0 saturated heterocycles. The van der Waals surface area contributed by atoms with Crippen LogP contribution in [0.2, 0.25) is 0 Å². The fourth-order valence-electron chi connectivity index (χ4n) is 1.26. The molecule has 0 unspecified atom stereocenters. The Bertz CT molecular complexity index is 442. The average molecular weight is 333 g/mol. The molecule has 2 aromatic rings. The second-order valence-electron chi connectivity index (χ2n) is 3.07. The zero-order valence-corrected chi connectivity index (χ0v) is 11.6. The van der Waals surface area contributed by atoms with Gasteiger partial charge in [-0.15, -0.1) is 0 Å². The zero-order chi connectivity index (χ0) is 9.97. The third-order valence-corrected chi connectivity index (χ3v) is 2.85. The molecule has 0 N–H and O–H groups in total. The van der Waals surface area contributed by atoms with Crippen molar-refractivity contribution in [1.82, 2.24) is 9.36 Å². The highest BCUT2D eigenvalue weighted by Crippen LogP contribution is 2.18. The molecule has 0 fully saturated rings. The van der Waals surface area contributed by atoms with E-state index in [2.05, 4.69) is 39.3 Å². The maximum Gasteiger partial charge on any atom is 0.179 e. The number of nitrogens with zero attached hydrogens (tertiary/aromatic N) is 3. The van der Waals surface area contributed by atoms with Crippen LogP contribution < -0.4 is 28.5 Å². The molecule has 5 heteroatoms. The van der Waals surface area contributed by atoms with E-state index in [0.717, 1.165) is 22.9 Å². The summed E-state index contributed by atoms with van der Waals surface area (Å²) in [7, 11) is 0. The monoisotopic (exact) mass is 333 g/mol. The van der Waals surface area contributed by atoms with E-state index in [1.165, 1.54) is 11.5 Å². The summed E-state index contributed by atoms with van der Waals surface area (Å²) >= 11 is 1.45. The molecule has 2 rings (SSSR count). The number of aromatic nitrogens is 3. The van der Waals surface area contributed by atoms with Gasteiger partial charge in [0.2, 0.25) is 0 Å². The quantitative estimate of drug-likeness (QED) is 0.512. The van der Waals surface area contributed by atoms with Crippen molar-refractivity contribution in [2.75, 3.05) is 0 Å². The van der Waals surface area contributed by atoms with Gasteiger partial charge in [-0.05, 0) is 31.4 Å². The van der Waals surface area contributed by atoms with Crippen LogP contribution in [0.3, 0.4) is 0 Å². The van der Waals surface area contributed by atoms with Crippen molar-refractivity contribution in [2.24, 2.45) is 0 Å². The van der Waals surface area contributed by atoms with Crippen molar-refractivity contribution < 1.29 is 28.5 Å². The normalized spacial score (nSPS) is 9.73. The highest BCUT2D eigenvalue weighted by Gasteiger charge is 2.07. The van der Waals surface area contributed by atoms with Gasteiger partial charge in [0, 0.05) is 6.07 Å². The van der Waals surface area contributed by atoms with E-state index in [1.807, 2.05) is 13.0 Å². The second kappa shape index (κ2) is 5.50. The smallest absolute Gasteiger partial charge is 0.179 e. The first-order valence-electron chi connectivity index (χ1n) is 4.59. The van der Waals surface area contributed by atoms with Gasteiger partial charge in [-0.3, -0.25) is 0 Å². The summed E-state index contributed by atoms with van der Waals surface area (Å²) in [6.45, 7) is 5.01. The largest absolute Gasteiger partial charge is 1.00 e. The maximum absolute atomic E-state index is 4.35. The topological polar surface area (TPSA) is 29.7 Å². The van der Waals surface area contributed by atoms with E-state index in [4.69, 9.17) is 0 Å². The van der Waals surface area contributed by atoms with Crippen LogP contribution in [0.4, 0.5) is 0 Å². The molecule has 0 aromatic carbocycles. The number of hydrogen-bond acceptors (Lipinski definition) is 3. The van der Waals surface area contributed by atoms with Crippen molar-refractivity contribution in [1.29, 1.82) is 0 Å². The lowest BCUT2D eigenvalue weighted by molar-refractivity contribution is -0.693. The van der Waals surface area contributed by atoms with E-state index >= 15 is 0 Å². The Balaban J connectivity index is 0.00000112. The molecule has 3 nitrogen and oxygen atoms in total. The number of pyridine rings is 1. The molecule has 0 radical (unpaired) electrons. The van der Waals surface area contributed by atoms with Gasteiger partial charge in [0.1, 0.15) is 17.4 Å². The van der Waals surface area contributed by atoms with Crippen molar-refractivity contribution in [3.05, 3.63) is 30.4 Å². The highest BCUT2D eigenvalue weighted by molar-refractivity contribution is 7.09.